The molecule has 3 N–H and O–H groups in total. The van der Waals surface area contributed by atoms with Crippen LogP contribution in [0.25, 0.3) is 46.4 Å². The van der Waals surface area contributed by atoms with Crippen molar-refractivity contribution in [2.45, 2.75) is 11.8 Å². The lowest BCUT2D eigenvalue weighted by Gasteiger charge is -1.95. The summed E-state index contributed by atoms with van der Waals surface area (Å²) in [6, 6.07) is 22.4. The second-order valence-corrected chi connectivity index (χ2v) is 9.61. The lowest BCUT2D eigenvalue weighted by Crippen LogP contribution is -1.96. The minimum absolute atomic E-state index is 0.0666. The topological polar surface area (TPSA) is 112 Å². The third-order valence-electron chi connectivity index (χ3n) is 5.36. The van der Waals surface area contributed by atoms with Crippen molar-refractivity contribution in [1.29, 1.82) is 0 Å². The van der Waals surface area contributed by atoms with Crippen LogP contribution in [0.5, 0.6) is 0 Å². The highest BCUT2D eigenvalue weighted by Gasteiger charge is 2.07. The Bertz CT molecular complexity index is 1640. The highest BCUT2D eigenvalue weighted by molar-refractivity contribution is 7.85. The fourth-order valence-corrected chi connectivity index (χ4v) is 4.13. The van der Waals surface area contributed by atoms with Crippen molar-refractivity contribution in [3.8, 4) is 0 Å². The van der Waals surface area contributed by atoms with Gasteiger partial charge in [-0.15, -0.1) is 0 Å². The monoisotopic (exact) mass is 482 g/mol. The van der Waals surface area contributed by atoms with Crippen molar-refractivity contribution in [1.82, 2.24) is 19.9 Å². The lowest BCUT2D eigenvalue weighted by atomic mass is 10.2. The Kier molecular flexibility index (Phi) is 5.90. The Morgan fingerprint density at radius 1 is 0.600 bits per heavy atom. The van der Waals surface area contributed by atoms with Crippen LogP contribution in [0.3, 0.4) is 0 Å². The van der Waals surface area contributed by atoms with Gasteiger partial charge in [0.15, 0.2) is 0 Å². The Hall–Kier alpha value is -4.27. The number of aromatic nitrogens is 4. The van der Waals surface area contributed by atoms with Crippen molar-refractivity contribution < 1.29 is 13.0 Å². The molecule has 0 unspecified atom stereocenters. The number of rotatable bonds is 1. The van der Waals surface area contributed by atoms with E-state index in [-0.39, 0.29) is 4.90 Å². The van der Waals surface area contributed by atoms with Gasteiger partial charge in [-0.25, -0.2) is 9.97 Å². The average molecular weight is 483 g/mol. The molecule has 0 atom stereocenters. The van der Waals surface area contributed by atoms with Gasteiger partial charge in [0.25, 0.3) is 10.1 Å². The van der Waals surface area contributed by atoms with Crippen LogP contribution in [0.1, 0.15) is 28.3 Å². The number of aryl methyl sites for hydroxylation is 1. The Balaban J connectivity index is 0.000000195. The van der Waals surface area contributed by atoms with E-state index in [1.54, 1.807) is 12.1 Å². The summed E-state index contributed by atoms with van der Waals surface area (Å²) in [7, 11) is -4.02. The van der Waals surface area contributed by atoms with Crippen molar-refractivity contribution in [2.75, 3.05) is 0 Å². The molecule has 8 bridgehead atoms. The SMILES string of the molecule is C1=Cc2cc3ccc(cc4ccc(cc5nc(cc1n2)C=C5)[nH]4)[nH]3.Cc1ccc(S(=O)(=O)O)cc1. The predicted molar refractivity (Wildman–Crippen MR) is 140 cm³/mol. The number of aromatic amines is 2. The molecule has 2 aliphatic rings. The van der Waals surface area contributed by atoms with Gasteiger partial charge in [-0.05, 0) is 91.9 Å². The first kappa shape index (κ1) is 22.5. The molecular weight excluding hydrogens is 460 g/mol. The Morgan fingerprint density at radius 3 is 1.43 bits per heavy atom. The van der Waals surface area contributed by atoms with E-state index < -0.39 is 10.1 Å². The van der Waals surface area contributed by atoms with Gasteiger partial charge in [-0.1, -0.05) is 17.7 Å². The zero-order valence-electron chi connectivity index (χ0n) is 18.8. The summed E-state index contributed by atoms with van der Waals surface area (Å²) in [5, 5.41) is 0. The number of benzene rings is 1. The molecule has 4 aromatic rings. The third kappa shape index (κ3) is 5.63. The molecule has 8 heteroatoms. The van der Waals surface area contributed by atoms with Crippen molar-refractivity contribution >= 4 is 56.5 Å². The number of H-pyrrole nitrogens is 2. The van der Waals surface area contributed by atoms with E-state index in [4.69, 9.17) is 4.55 Å². The molecule has 2 aliphatic heterocycles. The van der Waals surface area contributed by atoms with Gasteiger partial charge in [0.1, 0.15) is 0 Å². The van der Waals surface area contributed by atoms with E-state index in [9.17, 15) is 8.42 Å². The summed E-state index contributed by atoms with van der Waals surface area (Å²) < 4.78 is 29.6. The maximum atomic E-state index is 10.5. The van der Waals surface area contributed by atoms with Gasteiger partial charge in [-0.3, -0.25) is 4.55 Å². The highest BCUT2D eigenvalue weighted by Crippen LogP contribution is 2.17. The van der Waals surface area contributed by atoms with E-state index >= 15 is 0 Å². The van der Waals surface area contributed by atoms with E-state index in [0.29, 0.717) is 0 Å². The normalized spacial score (nSPS) is 12.3. The lowest BCUT2D eigenvalue weighted by molar-refractivity contribution is 0.483. The van der Waals surface area contributed by atoms with Crippen LogP contribution in [0.4, 0.5) is 0 Å². The molecule has 0 amide bonds. The molecule has 0 radical (unpaired) electrons. The molecule has 5 heterocycles. The van der Waals surface area contributed by atoms with Crippen LogP contribution in [-0.2, 0) is 10.1 Å². The Labute approximate surface area is 202 Å². The summed E-state index contributed by atoms with van der Waals surface area (Å²) in [5.41, 5.74) is 8.82. The molecule has 1 aromatic carbocycles. The van der Waals surface area contributed by atoms with Crippen LogP contribution in [0.2, 0.25) is 0 Å². The largest absolute Gasteiger partial charge is 0.355 e. The van der Waals surface area contributed by atoms with Gasteiger partial charge in [0.05, 0.1) is 27.7 Å². The van der Waals surface area contributed by atoms with Crippen LogP contribution in [-0.4, -0.2) is 32.9 Å². The fourth-order valence-electron chi connectivity index (χ4n) is 3.65. The smallest absolute Gasteiger partial charge is 0.294 e. The molecule has 0 spiro atoms. The number of hydrogen-bond acceptors (Lipinski definition) is 4. The van der Waals surface area contributed by atoms with Crippen LogP contribution >= 0.6 is 0 Å². The maximum absolute atomic E-state index is 10.5. The summed E-state index contributed by atoms with van der Waals surface area (Å²) in [6.07, 6.45) is 8.05. The molecule has 6 rings (SSSR count). The van der Waals surface area contributed by atoms with Crippen molar-refractivity contribution in [3.05, 3.63) is 101 Å². The summed E-state index contributed by atoms with van der Waals surface area (Å²) in [5.74, 6) is 0. The number of nitrogens with one attached hydrogen (secondary N) is 2. The Morgan fingerprint density at radius 2 is 1.00 bits per heavy atom. The predicted octanol–water partition coefficient (Wildman–Crippen LogP) is 5.90. The first-order valence-electron chi connectivity index (χ1n) is 10.9. The molecule has 0 fully saturated rings. The van der Waals surface area contributed by atoms with Crippen LogP contribution in [0, 0.1) is 6.92 Å². The van der Waals surface area contributed by atoms with E-state index in [1.165, 1.54) is 12.1 Å². The summed E-state index contributed by atoms with van der Waals surface area (Å²) in [4.78, 5) is 16.0. The minimum atomic E-state index is -4.02. The van der Waals surface area contributed by atoms with E-state index in [2.05, 4.69) is 50.3 Å². The van der Waals surface area contributed by atoms with Gasteiger partial charge in [-0.2, -0.15) is 8.42 Å². The first-order valence-corrected chi connectivity index (χ1v) is 12.3. The molecular formula is C27H22N4O3S. The molecule has 3 aromatic heterocycles. The number of fused-ring (bicyclic) bond motifs is 8. The second kappa shape index (κ2) is 9.17. The highest BCUT2D eigenvalue weighted by atomic mass is 32.2. The van der Waals surface area contributed by atoms with E-state index in [1.807, 2.05) is 49.4 Å². The van der Waals surface area contributed by atoms with Gasteiger partial charge in [0, 0.05) is 22.1 Å². The van der Waals surface area contributed by atoms with Crippen molar-refractivity contribution in [3.63, 3.8) is 0 Å². The zero-order chi connectivity index (χ0) is 24.4. The second-order valence-electron chi connectivity index (χ2n) is 8.19. The quantitative estimate of drug-likeness (QED) is 0.253. The molecule has 7 nitrogen and oxygen atoms in total. The number of hydrogen-bond donors (Lipinski definition) is 3. The van der Waals surface area contributed by atoms with Gasteiger partial charge < -0.3 is 9.97 Å². The average Bonchev–Trinajstić information content (AvgIpc) is 3.60. The third-order valence-corrected chi connectivity index (χ3v) is 6.23. The van der Waals surface area contributed by atoms with E-state index in [0.717, 1.165) is 50.4 Å². The number of nitrogens with zero attached hydrogens (tertiary/aromatic N) is 2. The summed E-state index contributed by atoms with van der Waals surface area (Å²) in [6.45, 7) is 1.84. The molecule has 174 valence electrons. The van der Waals surface area contributed by atoms with Crippen molar-refractivity contribution in [2.24, 2.45) is 0 Å². The summed E-state index contributed by atoms with van der Waals surface area (Å²) >= 11 is 0. The molecule has 0 saturated carbocycles. The van der Waals surface area contributed by atoms with Crippen LogP contribution < -0.4 is 0 Å². The van der Waals surface area contributed by atoms with Crippen LogP contribution in [0.15, 0.2) is 77.7 Å². The first-order chi connectivity index (χ1) is 16.8. The minimum Gasteiger partial charge on any atom is -0.355 e. The van der Waals surface area contributed by atoms with Gasteiger partial charge in [0.2, 0.25) is 0 Å². The fraction of sp³-hybridized carbons (Fsp3) is 0.0370. The molecule has 35 heavy (non-hydrogen) atoms. The molecule has 0 saturated heterocycles. The van der Waals surface area contributed by atoms with Gasteiger partial charge >= 0.3 is 0 Å². The standard InChI is InChI=1S/C20H14N4.C7H8O3S/c1-2-14-10-16-5-6-18(23-16)12-20-8-7-19(24-20)11-17-4-3-15(22-17)9-13(1)21-14;1-6-2-4-7(5-3-6)11(8,9)10/h1-12,21-22H;2-5H,1H3,(H,8,9,10). The zero-order valence-corrected chi connectivity index (χ0v) is 19.6. The maximum Gasteiger partial charge on any atom is 0.294 e. The molecule has 0 aliphatic carbocycles.